The number of hydrogen-bond acceptors (Lipinski definition) is 2. The second-order valence-corrected chi connectivity index (χ2v) is 4.83. The third-order valence-corrected chi connectivity index (χ3v) is 2.96. The highest BCUT2D eigenvalue weighted by molar-refractivity contribution is 5.89. The number of nitrogens with two attached hydrogens (primary N) is 1. The fourth-order valence-corrected chi connectivity index (χ4v) is 1.93. The topological polar surface area (TPSA) is 58.4 Å². The average molecular weight is 263 g/mol. The smallest absolute Gasteiger partial charge is 0.321 e. The number of rotatable bonds is 6. The molecule has 2 amide bonds. The highest BCUT2D eigenvalue weighted by Crippen LogP contribution is 2.14. The first-order valence-electron chi connectivity index (χ1n) is 7.00. The zero-order chi connectivity index (χ0) is 14.3. The van der Waals surface area contributed by atoms with Gasteiger partial charge in [-0.25, -0.2) is 4.79 Å². The van der Waals surface area contributed by atoms with Gasteiger partial charge in [0.05, 0.1) is 0 Å². The summed E-state index contributed by atoms with van der Waals surface area (Å²) in [5.41, 5.74) is 7.68. The monoisotopic (exact) mass is 263 g/mol. The van der Waals surface area contributed by atoms with Crippen molar-refractivity contribution in [2.75, 3.05) is 18.4 Å². The second kappa shape index (κ2) is 7.79. The van der Waals surface area contributed by atoms with Crippen molar-refractivity contribution in [2.24, 2.45) is 5.73 Å². The maximum Gasteiger partial charge on any atom is 0.321 e. The molecule has 1 unspecified atom stereocenters. The van der Waals surface area contributed by atoms with Crippen LogP contribution in [-0.4, -0.2) is 24.0 Å². The minimum atomic E-state index is -0.0303. The molecule has 0 aromatic heterocycles. The summed E-state index contributed by atoms with van der Waals surface area (Å²) in [4.78, 5) is 13.9. The van der Waals surface area contributed by atoms with Gasteiger partial charge in [-0.15, -0.1) is 0 Å². The summed E-state index contributed by atoms with van der Waals surface area (Å²) in [5, 5.41) is 2.92. The molecule has 0 spiro atoms. The van der Waals surface area contributed by atoms with Gasteiger partial charge in [0.15, 0.2) is 0 Å². The van der Waals surface area contributed by atoms with Crippen LogP contribution in [0.25, 0.3) is 0 Å². The molecule has 19 heavy (non-hydrogen) atoms. The van der Waals surface area contributed by atoms with Crippen molar-refractivity contribution in [3.05, 3.63) is 29.8 Å². The highest BCUT2D eigenvalue weighted by atomic mass is 16.2. The Kier molecular flexibility index (Phi) is 6.36. The van der Waals surface area contributed by atoms with Crippen LogP contribution in [0.3, 0.4) is 0 Å². The SMILES string of the molecule is CCCN(CCC)C(=O)Nc1ccc(C(C)N)cc1. The molecule has 106 valence electrons. The molecule has 0 saturated heterocycles. The molecule has 0 aliphatic carbocycles. The normalized spacial score (nSPS) is 12.0. The maximum absolute atomic E-state index is 12.1. The van der Waals surface area contributed by atoms with Crippen LogP contribution in [0.4, 0.5) is 10.5 Å². The molecular weight excluding hydrogens is 238 g/mol. The number of anilines is 1. The lowest BCUT2D eigenvalue weighted by molar-refractivity contribution is 0.211. The van der Waals surface area contributed by atoms with E-state index < -0.39 is 0 Å². The van der Waals surface area contributed by atoms with Crippen LogP contribution in [0, 0.1) is 0 Å². The third kappa shape index (κ3) is 4.91. The third-order valence-electron chi connectivity index (χ3n) is 2.96. The maximum atomic E-state index is 12.1. The molecule has 0 aliphatic rings. The van der Waals surface area contributed by atoms with Crippen molar-refractivity contribution in [3.63, 3.8) is 0 Å². The molecule has 1 aromatic rings. The summed E-state index contributed by atoms with van der Waals surface area (Å²) >= 11 is 0. The van der Waals surface area contributed by atoms with Gasteiger partial charge in [0, 0.05) is 24.8 Å². The zero-order valence-corrected chi connectivity index (χ0v) is 12.1. The first-order chi connectivity index (χ1) is 9.08. The van der Waals surface area contributed by atoms with E-state index in [-0.39, 0.29) is 12.1 Å². The molecule has 0 aliphatic heterocycles. The predicted molar refractivity (Wildman–Crippen MR) is 80.2 cm³/mol. The number of hydrogen-bond donors (Lipinski definition) is 2. The van der Waals surface area contributed by atoms with Crippen LogP contribution in [0.1, 0.15) is 45.2 Å². The summed E-state index contributed by atoms with van der Waals surface area (Å²) in [5.74, 6) is 0. The van der Waals surface area contributed by atoms with Gasteiger partial charge in [0.25, 0.3) is 0 Å². The Morgan fingerprint density at radius 3 is 2.16 bits per heavy atom. The summed E-state index contributed by atoms with van der Waals surface area (Å²) in [6, 6.07) is 7.67. The summed E-state index contributed by atoms with van der Waals surface area (Å²) in [7, 11) is 0. The van der Waals surface area contributed by atoms with Crippen molar-refractivity contribution >= 4 is 11.7 Å². The minimum absolute atomic E-state index is 0.0152. The number of urea groups is 1. The lowest BCUT2D eigenvalue weighted by atomic mass is 10.1. The van der Waals surface area contributed by atoms with Crippen LogP contribution in [0.15, 0.2) is 24.3 Å². The van der Waals surface area contributed by atoms with Crippen LogP contribution in [0.5, 0.6) is 0 Å². The van der Waals surface area contributed by atoms with E-state index in [1.165, 1.54) is 0 Å². The van der Waals surface area contributed by atoms with Gasteiger partial charge < -0.3 is 16.0 Å². The Hall–Kier alpha value is -1.55. The molecule has 0 saturated carbocycles. The highest BCUT2D eigenvalue weighted by Gasteiger charge is 2.11. The van der Waals surface area contributed by atoms with Gasteiger partial charge >= 0.3 is 6.03 Å². The Labute approximate surface area is 116 Å². The van der Waals surface area contributed by atoms with Crippen molar-refractivity contribution in [2.45, 2.75) is 39.7 Å². The van der Waals surface area contributed by atoms with E-state index >= 15 is 0 Å². The Bertz CT molecular complexity index is 381. The lowest BCUT2D eigenvalue weighted by Crippen LogP contribution is -2.36. The van der Waals surface area contributed by atoms with E-state index in [0.29, 0.717) is 0 Å². The van der Waals surface area contributed by atoms with E-state index in [1.807, 2.05) is 36.1 Å². The van der Waals surface area contributed by atoms with E-state index in [2.05, 4.69) is 19.2 Å². The molecule has 4 heteroatoms. The molecule has 0 heterocycles. The van der Waals surface area contributed by atoms with E-state index in [0.717, 1.165) is 37.2 Å². The fourth-order valence-electron chi connectivity index (χ4n) is 1.93. The van der Waals surface area contributed by atoms with Gasteiger partial charge in [-0.05, 0) is 37.5 Å². The van der Waals surface area contributed by atoms with Crippen LogP contribution in [0.2, 0.25) is 0 Å². The van der Waals surface area contributed by atoms with E-state index in [4.69, 9.17) is 5.73 Å². The van der Waals surface area contributed by atoms with Gasteiger partial charge in [0.2, 0.25) is 0 Å². The molecule has 0 bridgehead atoms. The molecule has 0 radical (unpaired) electrons. The first-order valence-corrected chi connectivity index (χ1v) is 7.00. The quantitative estimate of drug-likeness (QED) is 0.826. The number of carbonyl (C=O) groups excluding carboxylic acids is 1. The lowest BCUT2D eigenvalue weighted by Gasteiger charge is -2.22. The summed E-state index contributed by atoms with van der Waals surface area (Å²) in [6.45, 7) is 7.67. The van der Waals surface area contributed by atoms with Crippen LogP contribution < -0.4 is 11.1 Å². The Balaban J connectivity index is 2.64. The number of benzene rings is 1. The molecule has 4 nitrogen and oxygen atoms in total. The Morgan fingerprint density at radius 1 is 1.21 bits per heavy atom. The van der Waals surface area contributed by atoms with Crippen molar-refractivity contribution < 1.29 is 4.79 Å². The predicted octanol–water partition coefficient (Wildman–Crippen LogP) is 3.36. The van der Waals surface area contributed by atoms with E-state index in [9.17, 15) is 4.79 Å². The number of amides is 2. The second-order valence-electron chi connectivity index (χ2n) is 4.83. The van der Waals surface area contributed by atoms with E-state index in [1.54, 1.807) is 0 Å². The van der Waals surface area contributed by atoms with Crippen LogP contribution in [-0.2, 0) is 0 Å². The first kappa shape index (κ1) is 15.5. The van der Waals surface area contributed by atoms with Gasteiger partial charge in [-0.3, -0.25) is 0 Å². The van der Waals surface area contributed by atoms with Crippen molar-refractivity contribution in [1.29, 1.82) is 0 Å². The zero-order valence-electron chi connectivity index (χ0n) is 12.1. The number of nitrogens with one attached hydrogen (secondary N) is 1. The summed E-state index contributed by atoms with van der Waals surface area (Å²) in [6.07, 6.45) is 1.94. The Morgan fingerprint density at radius 2 is 1.74 bits per heavy atom. The minimum Gasteiger partial charge on any atom is -0.325 e. The molecule has 1 atom stereocenters. The fraction of sp³-hybridized carbons (Fsp3) is 0.533. The molecule has 1 aromatic carbocycles. The number of nitrogens with zero attached hydrogens (tertiary/aromatic N) is 1. The average Bonchev–Trinajstić information content (AvgIpc) is 2.39. The molecule has 3 N–H and O–H groups in total. The van der Waals surface area contributed by atoms with Crippen molar-refractivity contribution in [1.82, 2.24) is 4.90 Å². The van der Waals surface area contributed by atoms with Crippen molar-refractivity contribution in [3.8, 4) is 0 Å². The van der Waals surface area contributed by atoms with Gasteiger partial charge in [-0.1, -0.05) is 26.0 Å². The summed E-state index contributed by atoms with van der Waals surface area (Å²) < 4.78 is 0. The molecule has 0 fully saturated rings. The standard InChI is InChI=1S/C15H25N3O/c1-4-10-18(11-5-2)15(19)17-14-8-6-13(7-9-14)12(3)16/h6-9,12H,4-5,10-11,16H2,1-3H3,(H,17,19). The van der Waals surface area contributed by atoms with Gasteiger partial charge in [0.1, 0.15) is 0 Å². The molecular formula is C15H25N3O. The largest absolute Gasteiger partial charge is 0.325 e. The van der Waals surface area contributed by atoms with Crippen LogP contribution >= 0.6 is 0 Å². The number of carbonyl (C=O) groups is 1. The van der Waals surface area contributed by atoms with Gasteiger partial charge in [-0.2, -0.15) is 0 Å². The molecule has 1 rings (SSSR count).